The molecule has 0 aromatic heterocycles. The zero-order valence-corrected chi connectivity index (χ0v) is 11.7. The van der Waals surface area contributed by atoms with Crippen LogP contribution in [0.25, 0.3) is 0 Å². The van der Waals surface area contributed by atoms with E-state index < -0.39 is 0 Å². The Kier molecular flexibility index (Phi) is 7.43. The average molecular weight is 273 g/mol. The van der Waals surface area contributed by atoms with Gasteiger partial charge < -0.3 is 19.1 Å². The first kappa shape index (κ1) is 15.9. The molecular weight excluding hydrogens is 250 g/mol. The van der Waals surface area contributed by atoms with Crippen LogP contribution in [0.15, 0.2) is 0 Å². The number of rotatable bonds is 8. The van der Waals surface area contributed by atoms with Crippen molar-refractivity contribution in [3.8, 4) is 0 Å². The second kappa shape index (κ2) is 8.87. The number of amides is 1. The van der Waals surface area contributed by atoms with Crippen molar-refractivity contribution in [2.24, 2.45) is 0 Å². The summed E-state index contributed by atoms with van der Waals surface area (Å²) in [7, 11) is 2.93. The summed E-state index contributed by atoms with van der Waals surface area (Å²) in [6.45, 7) is 2.04. The van der Waals surface area contributed by atoms with Crippen LogP contribution in [0.1, 0.15) is 25.7 Å². The molecule has 1 heterocycles. The third-order valence-corrected chi connectivity index (χ3v) is 3.16. The molecule has 1 aliphatic heterocycles. The van der Waals surface area contributed by atoms with Gasteiger partial charge in [-0.2, -0.15) is 0 Å². The average Bonchev–Trinajstić information content (AvgIpc) is 2.91. The molecule has 6 nitrogen and oxygen atoms in total. The van der Waals surface area contributed by atoms with Gasteiger partial charge in [0.05, 0.1) is 32.7 Å². The molecule has 1 unspecified atom stereocenters. The fraction of sp³-hybridized carbons (Fsp3) is 0.846. The predicted molar refractivity (Wildman–Crippen MR) is 68.7 cm³/mol. The van der Waals surface area contributed by atoms with E-state index in [0.717, 1.165) is 19.4 Å². The van der Waals surface area contributed by atoms with Crippen molar-refractivity contribution in [1.29, 1.82) is 0 Å². The van der Waals surface area contributed by atoms with E-state index in [1.807, 2.05) is 0 Å². The third kappa shape index (κ3) is 6.02. The second-order valence-corrected chi connectivity index (χ2v) is 4.54. The lowest BCUT2D eigenvalue weighted by molar-refractivity contribution is -0.142. The maximum atomic E-state index is 12.1. The molecule has 0 spiro atoms. The Labute approximate surface area is 114 Å². The van der Waals surface area contributed by atoms with Gasteiger partial charge in [-0.1, -0.05) is 0 Å². The molecule has 0 aromatic rings. The third-order valence-electron chi connectivity index (χ3n) is 3.16. The number of esters is 1. The molecule has 0 aromatic carbocycles. The quantitative estimate of drug-likeness (QED) is 0.606. The molecule has 1 saturated heterocycles. The Balaban J connectivity index is 2.40. The highest BCUT2D eigenvalue weighted by Crippen LogP contribution is 2.16. The first-order valence-electron chi connectivity index (χ1n) is 6.62. The summed E-state index contributed by atoms with van der Waals surface area (Å²) in [6, 6.07) is 0. The van der Waals surface area contributed by atoms with E-state index in [1.54, 1.807) is 12.0 Å². The molecule has 1 amide bonds. The molecule has 110 valence electrons. The highest BCUT2D eigenvalue weighted by atomic mass is 16.5. The van der Waals surface area contributed by atoms with Gasteiger partial charge in [-0.05, 0) is 12.8 Å². The topological polar surface area (TPSA) is 65.1 Å². The number of hydrogen-bond acceptors (Lipinski definition) is 5. The maximum absolute atomic E-state index is 12.1. The minimum Gasteiger partial charge on any atom is -0.469 e. The van der Waals surface area contributed by atoms with Crippen LogP contribution in [0.3, 0.4) is 0 Å². The van der Waals surface area contributed by atoms with Crippen molar-refractivity contribution in [2.75, 3.05) is 40.5 Å². The molecule has 0 saturated carbocycles. The molecular formula is C13H23NO5. The Hall–Kier alpha value is -1.14. The first-order valence-corrected chi connectivity index (χ1v) is 6.62. The number of carbonyl (C=O) groups is 2. The smallest absolute Gasteiger partial charge is 0.307 e. The fourth-order valence-corrected chi connectivity index (χ4v) is 2.02. The number of ether oxygens (including phenoxy) is 3. The van der Waals surface area contributed by atoms with Gasteiger partial charge in [0.1, 0.15) is 0 Å². The lowest BCUT2D eigenvalue weighted by atomic mass is 10.1. The molecule has 0 aliphatic carbocycles. The van der Waals surface area contributed by atoms with Gasteiger partial charge in [0.15, 0.2) is 0 Å². The molecule has 0 radical (unpaired) electrons. The number of nitrogens with zero attached hydrogens (tertiary/aromatic N) is 1. The van der Waals surface area contributed by atoms with Crippen LogP contribution in [0.2, 0.25) is 0 Å². The van der Waals surface area contributed by atoms with Crippen molar-refractivity contribution in [2.45, 2.75) is 31.8 Å². The fourth-order valence-electron chi connectivity index (χ4n) is 2.02. The SMILES string of the molecule is COCCN(CCC(=O)OC)C(=O)CC1CCCO1. The standard InChI is InChI=1S/C13H23NO5/c1-17-9-7-14(6-5-13(16)18-2)12(15)10-11-4-3-8-19-11/h11H,3-10H2,1-2H3. The predicted octanol–water partition coefficient (Wildman–Crippen LogP) is 0.594. The van der Waals surface area contributed by atoms with Crippen molar-refractivity contribution in [1.82, 2.24) is 4.90 Å². The normalized spacial score (nSPS) is 18.3. The monoisotopic (exact) mass is 273 g/mol. The Bertz CT molecular complexity index is 289. The molecule has 0 N–H and O–H groups in total. The Morgan fingerprint density at radius 1 is 1.32 bits per heavy atom. The van der Waals surface area contributed by atoms with Crippen LogP contribution in [-0.2, 0) is 23.8 Å². The Morgan fingerprint density at radius 2 is 2.11 bits per heavy atom. The van der Waals surface area contributed by atoms with Crippen LogP contribution in [-0.4, -0.2) is 63.4 Å². The Morgan fingerprint density at radius 3 is 2.68 bits per heavy atom. The van der Waals surface area contributed by atoms with Gasteiger partial charge in [-0.25, -0.2) is 0 Å². The summed E-state index contributed by atoms with van der Waals surface area (Å²) < 4.78 is 15.0. The number of methoxy groups -OCH3 is 2. The van der Waals surface area contributed by atoms with Crippen molar-refractivity contribution < 1.29 is 23.8 Å². The molecule has 0 bridgehead atoms. The van der Waals surface area contributed by atoms with Crippen LogP contribution >= 0.6 is 0 Å². The van der Waals surface area contributed by atoms with E-state index in [2.05, 4.69) is 4.74 Å². The highest BCUT2D eigenvalue weighted by Gasteiger charge is 2.23. The van der Waals surface area contributed by atoms with E-state index >= 15 is 0 Å². The summed E-state index contributed by atoms with van der Waals surface area (Å²) in [5.74, 6) is -0.305. The van der Waals surface area contributed by atoms with Gasteiger partial charge in [-0.15, -0.1) is 0 Å². The first-order chi connectivity index (χ1) is 9.17. The van der Waals surface area contributed by atoms with Crippen molar-refractivity contribution in [3.63, 3.8) is 0 Å². The van der Waals surface area contributed by atoms with Crippen LogP contribution in [0, 0.1) is 0 Å². The minimum atomic E-state index is -0.313. The van der Waals surface area contributed by atoms with Crippen LogP contribution in [0.5, 0.6) is 0 Å². The van der Waals surface area contributed by atoms with E-state index in [4.69, 9.17) is 9.47 Å². The summed E-state index contributed by atoms with van der Waals surface area (Å²) in [5, 5.41) is 0. The van der Waals surface area contributed by atoms with E-state index in [-0.39, 0.29) is 24.4 Å². The van der Waals surface area contributed by atoms with E-state index in [0.29, 0.717) is 26.1 Å². The van der Waals surface area contributed by atoms with Crippen LogP contribution < -0.4 is 0 Å². The largest absolute Gasteiger partial charge is 0.469 e. The molecule has 1 rings (SSSR count). The summed E-state index contributed by atoms with van der Waals surface area (Å²) in [4.78, 5) is 24.9. The van der Waals surface area contributed by atoms with Crippen LogP contribution in [0.4, 0.5) is 0 Å². The maximum Gasteiger partial charge on any atom is 0.307 e. The molecule has 1 fully saturated rings. The van der Waals surface area contributed by atoms with Gasteiger partial charge in [0, 0.05) is 26.8 Å². The van der Waals surface area contributed by atoms with E-state index in [9.17, 15) is 9.59 Å². The lowest BCUT2D eigenvalue weighted by Crippen LogP contribution is -2.37. The molecule has 6 heteroatoms. The molecule has 19 heavy (non-hydrogen) atoms. The lowest BCUT2D eigenvalue weighted by Gasteiger charge is -2.23. The number of carbonyl (C=O) groups excluding carboxylic acids is 2. The van der Waals surface area contributed by atoms with Gasteiger partial charge in [0.2, 0.25) is 5.91 Å². The second-order valence-electron chi connectivity index (χ2n) is 4.54. The van der Waals surface area contributed by atoms with Crippen molar-refractivity contribution >= 4 is 11.9 Å². The van der Waals surface area contributed by atoms with Gasteiger partial charge in [0.25, 0.3) is 0 Å². The summed E-state index contributed by atoms with van der Waals surface area (Å²) >= 11 is 0. The molecule has 1 aliphatic rings. The van der Waals surface area contributed by atoms with Gasteiger partial charge in [-0.3, -0.25) is 9.59 Å². The zero-order valence-electron chi connectivity index (χ0n) is 11.7. The summed E-state index contributed by atoms with van der Waals surface area (Å²) in [6.07, 6.45) is 2.55. The summed E-state index contributed by atoms with van der Waals surface area (Å²) in [5.41, 5.74) is 0. The zero-order chi connectivity index (χ0) is 14.1. The molecule has 1 atom stereocenters. The van der Waals surface area contributed by atoms with Crippen molar-refractivity contribution in [3.05, 3.63) is 0 Å². The van der Waals surface area contributed by atoms with E-state index in [1.165, 1.54) is 7.11 Å². The minimum absolute atomic E-state index is 0.00727. The number of hydrogen-bond donors (Lipinski definition) is 0. The highest BCUT2D eigenvalue weighted by molar-refractivity contribution is 5.77. The van der Waals surface area contributed by atoms with Gasteiger partial charge >= 0.3 is 5.97 Å².